The van der Waals surface area contributed by atoms with Gasteiger partial charge < -0.3 is 19.7 Å². The number of aliphatic hydroxyl groups is 1. The summed E-state index contributed by atoms with van der Waals surface area (Å²) in [6.45, 7) is 2.32. The van der Waals surface area contributed by atoms with E-state index >= 15 is 0 Å². The SMILES string of the molecule is CCC(C=C1OC(=O)C2=C(c3cc(O)ccc3-c3ccccc3)C3CCC12C1C2=C(CCC31)C(=CCC(CO)C1CCCCC1)OC2=O)Cc1ccccc1. The van der Waals surface area contributed by atoms with Gasteiger partial charge in [-0.25, -0.2) is 9.59 Å². The van der Waals surface area contributed by atoms with Crippen molar-refractivity contribution in [2.45, 2.75) is 84.0 Å². The number of rotatable bonds is 10. The van der Waals surface area contributed by atoms with E-state index in [4.69, 9.17) is 9.47 Å². The lowest BCUT2D eigenvalue weighted by atomic mass is 9.44. The lowest BCUT2D eigenvalue weighted by molar-refractivity contribution is -0.135. The average molecular weight is 737 g/mol. The molecule has 10 rings (SSSR count). The van der Waals surface area contributed by atoms with Crippen molar-refractivity contribution in [2.24, 2.45) is 40.9 Å². The minimum absolute atomic E-state index is 0.00396. The number of hydrogen-bond acceptors (Lipinski definition) is 6. The summed E-state index contributed by atoms with van der Waals surface area (Å²) in [5, 5.41) is 21.4. The summed E-state index contributed by atoms with van der Waals surface area (Å²) in [4.78, 5) is 29.0. The number of fused-ring (bicyclic) bond motifs is 1. The molecule has 0 radical (unpaired) electrons. The number of esters is 2. The number of aromatic hydroxyl groups is 1. The van der Waals surface area contributed by atoms with E-state index in [0.29, 0.717) is 35.9 Å². The quantitative estimate of drug-likeness (QED) is 0.201. The Labute approximate surface area is 324 Å². The van der Waals surface area contributed by atoms with Crippen molar-refractivity contribution in [1.29, 1.82) is 0 Å². The van der Waals surface area contributed by atoms with E-state index in [1.807, 2.05) is 36.4 Å². The molecule has 0 amide bonds. The Hall–Kier alpha value is -4.68. The zero-order chi connectivity index (χ0) is 37.7. The van der Waals surface area contributed by atoms with Gasteiger partial charge in [0, 0.05) is 23.7 Å². The van der Waals surface area contributed by atoms with Gasteiger partial charge in [0.15, 0.2) is 0 Å². The second kappa shape index (κ2) is 14.8. The average Bonchev–Trinajstić information content (AvgIpc) is 3.71. The number of ether oxygens (including phenoxy) is 2. The minimum atomic E-state index is -0.833. The van der Waals surface area contributed by atoms with Crippen molar-refractivity contribution in [3.8, 4) is 16.9 Å². The first-order valence-electron chi connectivity index (χ1n) is 20.8. The Morgan fingerprint density at radius 3 is 2.36 bits per heavy atom. The van der Waals surface area contributed by atoms with Crippen molar-refractivity contribution < 1.29 is 29.3 Å². The number of benzene rings is 3. The van der Waals surface area contributed by atoms with Gasteiger partial charge in [-0.2, -0.15) is 0 Å². The lowest BCUT2D eigenvalue weighted by Crippen LogP contribution is -2.52. The second-order valence-corrected chi connectivity index (χ2v) is 16.9. The molecule has 6 nitrogen and oxygen atoms in total. The molecule has 284 valence electrons. The normalized spacial score (nSPS) is 28.6. The Morgan fingerprint density at radius 1 is 0.855 bits per heavy atom. The third kappa shape index (κ3) is 6.12. The fraction of sp³-hybridized carbons (Fsp3) is 0.429. The number of carbonyl (C=O) groups excluding carboxylic acids is 2. The van der Waals surface area contributed by atoms with Crippen molar-refractivity contribution in [3.63, 3.8) is 0 Å². The summed E-state index contributed by atoms with van der Waals surface area (Å²) in [6.07, 6.45) is 15.8. The number of carbonyl (C=O) groups is 2. The Bertz CT molecular complexity index is 2100. The highest BCUT2D eigenvalue weighted by Crippen LogP contribution is 2.72. The number of phenolic OH excluding ortho intramolecular Hbond substituents is 1. The minimum Gasteiger partial charge on any atom is -0.508 e. The van der Waals surface area contributed by atoms with Crippen LogP contribution in [-0.2, 0) is 25.5 Å². The van der Waals surface area contributed by atoms with Crippen LogP contribution in [0.2, 0.25) is 0 Å². The number of allylic oxidation sites excluding steroid dienone is 5. The second-order valence-electron chi connectivity index (χ2n) is 16.9. The number of cyclic esters (lactones) is 2. The van der Waals surface area contributed by atoms with E-state index in [1.165, 1.54) is 24.8 Å². The van der Waals surface area contributed by atoms with Crippen LogP contribution in [0.4, 0.5) is 0 Å². The summed E-state index contributed by atoms with van der Waals surface area (Å²) >= 11 is 0. The predicted octanol–water partition coefficient (Wildman–Crippen LogP) is 10.3. The maximum absolute atomic E-state index is 14.7. The van der Waals surface area contributed by atoms with Gasteiger partial charge in [-0.15, -0.1) is 0 Å². The molecule has 2 aliphatic heterocycles. The van der Waals surface area contributed by atoms with Crippen LogP contribution >= 0.6 is 0 Å². The van der Waals surface area contributed by atoms with Crippen LogP contribution in [0.25, 0.3) is 16.7 Å². The van der Waals surface area contributed by atoms with E-state index in [9.17, 15) is 19.8 Å². The van der Waals surface area contributed by atoms with Gasteiger partial charge in [0.1, 0.15) is 17.3 Å². The molecule has 3 fully saturated rings. The van der Waals surface area contributed by atoms with E-state index in [1.54, 1.807) is 6.07 Å². The standard InChI is InChI=1S/C49H52O6/c1-2-30(26-31-12-6-3-7-13-31)27-42-49-25-24-37(43(46(49)48(53)55-42)40-28-35(51)19-20-36(40)33-16-10-5-11-17-33)38-21-22-39-41(54-47(52)44(39)45(38)49)23-18-34(29-50)32-14-8-4-9-15-32/h3,5-7,10-13,16-17,19-20,23,27-28,30,32,34,37-38,45,50-51H,2,4,8-9,14-15,18,21-22,24-26,29H2,1H3. The summed E-state index contributed by atoms with van der Waals surface area (Å²) in [7, 11) is 0. The molecule has 2 N–H and O–H groups in total. The Kier molecular flexibility index (Phi) is 9.66. The monoisotopic (exact) mass is 736 g/mol. The topological polar surface area (TPSA) is 93.1 Å². The molecule has 55 heavy (non-hydrogen) atoms. The highest BCUT2D eigenvalue weighted by molar-refractivity contribution is 6.07. The van der Waals surface area contributed by atoms with E-state index in [-0.39, 0.29) is 53.9 Å². The summed E-state index contributed by atoms with van der Waals surface area (Å²) in [5.74, 6) is 1.45. The molecule has 7 aliphatic rings. The maximum atomic E-state index is 14.7. The number of phenols is 1. The third-order valence-corrected chi connectivity index (χ3v) is 14.1. The van der Waals surface area contributed by atoms with Gasteiger partial charge in [-0.3, -0.25) is 0 Å². The molecule has 6 unspecified atom stereocenters. The van der Waals surface area contributed by atoms with E-state index < -0.39 is 5.41 Å². The zero-order valence-corrected chi connectivity index (χ0v) is 31.8. The molecule has 1 saturated heterocycles. The largest absolute Gasteiger partial charge is 0.508 e. The van der Waals surface area contributed by atoms with Crippen LogP contribution in [0.3, 0.4) is 0 Å². The summed E-state index contributed by atoms with van der Waals surface area (Å²) < 4.78 is 12.7. The predicted molar refractivity (Wildman–Crippen MR) is 213 cm³/mol. The third-order valence-electron chi connectivity index (χ3n) is 14.1. The van der Waals surface area contributed by atoms with Crippen LogP contribution in [-0.4, -0.2) is 28.8 Å². The molecule has 6 atom stereocenters. The molecule has 2 bridgehead atoms. The first-order valence-corrected chi connectivity index (χ1v) is 20.8. The van der Waals surface area contributed by atoms with E-state index in [0.717, 1.165) is 78.4 Å². The highest BCUT2D eigenvalue weighted by atomic mass is 16.5. The van der Waals surface area contributed by atoms with Crippen molar-refractivity contribution in [2.75, 3.05) is 6.61 Å². The van der Waals surface area contributed by atoms with E-state index in [2.05, 4.69) is 55.5 Å². The van der Waals surface area contributed by atoms with Crippen LogP contribution in [0, 0.1) is 40.9 Å². The van der Waals surface area contributed by atoms with Gasteiger partial charge >= 0.3 is 11.9 Å². The fourth-order valence-corrected chi connectivity index (χ4v) is 11.6. The lowest BCUT2D eigenvalue weighted by Gasteiger charge is -2.56. The van der Waals surface area contributed by atoms with Crippen LogP contribution in [0.15, 0.2) is 119 Å². The van der Waals surface area contributed by atoms with Gasteiger partial charge in [-0.1, -0.05) is 106 Å². The van der Waals surface area contributed by atoms with Crippen LogP contribution < -0.4 is 0 Å². The van der Waals surface area contributed by atoms with Gasteiger partial charge in [-0.05, 0) is 127 Å². The van der Waals surface area contributed by atoms with Gasteiger partial charge in [0.25, 0.3) is 0 Å². The number of hydrogen-bond donors (Lipinski definition) is 2. The molecule has 0 aromatic heterocycles. The molecule has 5 aliphatic carbocycles. The Morgan fingerprint density at radius 2 is 1.62 bits per heavy atom. The Balaban J connectivity index is 1.20. The molecular weight excluding hydrogens is 685 g/mol. The van der Waals surface area contributed by atoms with Gasteiger partial charge in [0.2, 0.25) is 0 Å². The number of aliphatic hydroxyl groups excluding tert-OH is 1. The molecule has 3 aromatic carbocycles. The molecule has 1 spiro atoms. The molecule has 2 saturated carbocycles. The van der Waals surface area contributed by atoms with Crippen molar-refractivity contribution >= 4 is 17.5 Å². The van der Waals surface area contributed by atoms with Crippen LogP contribution in [0.5, 0.6) is 5.75 Å². The first-order chi connectivity index (χ1) is 26.9. The summed E-state index contributed by atoms with van der Waals surface area (Å²) in [5.41, 5.74) is 6.59. The molecule has 6 heteroatoms. The van der Waals surface area contributed by atoms with Crippen molar-refractivity contribution in [1.82, 2.24) is 0 Å². The smallest absolute Gasteiger partial charge is 0.340 e. The fourth-order valence-electron chi connectivity index (χ4n) is 11.6. The maximum Gasteiger partial charge on any atom is 0.340 e. The van der Waals surface area contributed by atoms with Crippen molar-refractivity contribution in [3.05, 3.63) is 130 Å². The highest BCUT2D eigenvalue weighted by Gasteiger charge is 2.68. The molecule has 3 aromatic rings. The van der Waals surface area contributed by atoms with Gasteiger partial charge in [0.05, 0.1) is 11.0 Å². The summed E-state index contributed by atoms with van der Waals surface area (Å²) in [6, 6.07) is 26.1. The molecular formula is C49H52O6. The first kappa shape index (κ1) is 36.0. The molecule has 2 heterocycles. The zero-order valence-electron chi connectivity index (χ0n) is 31.8. The van der Waals surface area contributed by atoms with Crippen LogP contribution in [0.1, 0.15) is 88.7 Å².